The number of halogens is 7. The Kier molecular flexibility index (Phi) is 15.0. The molecule has 0 saturated carbocycles. The highest BCUT2D eigenvalue weighted by Crippen LogP contribution is 2.35. The average molecular weight is 738 g/mol. The van der Waals surface area contributed by atoms with E-state index in [-0.39, 0.29) is 54.7 Å². The molecule has 0 spiro atoms. The Hall–Kier alpha value is -4.72. The standard InChI is InChI=1S/C38H42F7N3O4/c1-6-9-10-11-13-23-16-26(39)19-29(40)35(23)25-17-27(36(42)30(41)18-25)31(21-34(50)52-8-3)46-37(51)32(12-7-2)48-22-24(14-15-47(4)5)28(20-33(48)49)38(43,44)45/h6-7,16-20,22,31-32H,1-2,8-15,21H2,3-5H3,(H,46,51)/t31-,32-/m0/s1. The zero-order chi connectivity index (χ0) is 38.7. The van der Waals surface area contributed by atoms with Crippen LogP contribution >= 0.6 is 0 Å². The van der Waals surface area contributed by atoms with Crippen molar-refractivity contribution in [2.45, 2.75) is 70.1 Å². The molecule has 14 heteroatoms. The summed E-state index contributed by atoms with van der Waals surface area (Å²) in [6, 6.07) is 0.584. The number of likely N-dealkylation sites (N-methyl/N-ethyl adjacent to an activating group) is 1. The van der Waals surface area contributed by atoms with E-state index in [1.165, 1.54) is 13.0 Å². The number of rotatable bonds is 18. The summed E-state index contributed by atoms with van der Waals surface area (Å²) in [6.07, 6.45) is -0.248. The third-order valence-corrected chi connectivity index (χ3v) is 8.28. The van der Waals surface area contributed by atoms with Gasteiger partial charge in [-0.3, -0.25) is 14.4 Å². The second kappa shape index (κ2) is 18.7. The van der Waals surface area contributed by atoms with Crippen molar-refractivity contribution >= 4 is 11.9 Å². The quantitative estimate of drug-likeness (QED) is 0.0620. The molecule has 0 saturated heterocycles. The Morgan fingerprint density at radius 1 is 0.962 bits per heavy atom. The van der Waals surface area contributed by atoms with Crippen molar-refractivity contribution in [3.8, 4) is 11.1 Å². The number of esters is 1. The van der Waals surface area contributed by atoms with E-state index in [1.807, 2.05) is 0 Å². The van der Waals surface area contributed by atoms with Crippen molar-refractivity contribution in [1.29, 1.82) is 0 Å². The molecule has 0 radical (unpaired) electrons. The van der Waals surface area contributed by atoms with E-state index < -0.39 is 76.5 Å². The number of alkyl halides is 3. The number of hydrogen-bond acceptors (Lipinski definition) is 5. The zero-order valence-electron chi connectivity index (χ0n) is 29.2. The second-order valence-electron chi connectivity index (χ2n) is 12.4. The second-order valence-corrected chi connectivity index (χ2v) is 12.4. The van der Waals surface area contributed by atoms with E-state index in [4.69, 9.17) is 4.74 Å². The van der Waals surface area contributed by atoms with Gasteiger partial charge in [-0.25, -0.2) is 17.6 Å². The van der Waals surface area contributed by atoms with Gasteiger partial charge in [-0.2, -0.15) is 13.2 Å². The molecular formula is C38H42F7N3O4. The van der Waals surface area contributed by atoms with Gasteiger partial charge in [0, 0.05) is 36.0 Å². The smallest absolute Gasteiger partial charge is 0.416 e. The monoisotopic (exact) mass is 737 g/mol. The molecule has 3 rings (SSSR count). The minimum absolute atomic E-state index is 0.109. The van der Waals surface area contributed by atoms with E-state index >= 15 is 13.2 Å². The van der Waals surface area contributed by atoms with E-state index in [1.54, 1.807) is 25.1 Å². The number of allylic oxidation sites excluding steroid dienone is 2. The highest BCUT2D eigenvalue weighted by Gasteiger charge is 2.36. The third-order valence-electron chi connectivity index (χ3n) is 8.28. The van der Waals surface area contributed by atoms with Crippen LogP contribution in [0.25, 0.3) is 11.1 Å². The van der Waals surface area contributed by atoms with Crippen LogP contribution in [0.4, 0.5) is 30.7 Å². The number of pyridine rings is 1. The van der Waals surface area contributed by atoms with Crippen LogP contribution in [0.2, 0.25) is 0 Å². The lowest BCUT2D eigenvalue weighted by Gasteiger charge is -2.25. The van der Waals surface area contributed by atoms with Crippen molar-refractivity contribution < 1.29 is 45.1 Å². The molecular weight excluding hydrogens is 695 g/mol. The average Bonchev–Trinajstić information content (AvgIpc) is 3.05. The van der Waals surface area contributed by atoms with Crippen molar-refractivity contribution in [3.63, 3.8) is 0 Å². The Morgan fingerprint density at radius 3 is 2.29 bits per heavy atom. The molecule has 282 valence electrons. The van der Waals surface area contributed by atoms with E-state index in [0.29, 0.717) is 37.5 Å². The Bertz CT molecular complexity index is 1820. The molecule has 0 aliphatic carbocycles. The van der Waals surface area contributed by atoms with Crippen LogP contribution in [0.1, 0.15) is 73.4 Å². The zero-order valence-corrected chi connectivity index (χ0v) is 29.2. The number of aromatic nitrogens is 1. The van der Waals surface area contributed by atoms with Gasteiger partial charge in [0.15, 0.2) is 11.6 Å². The molecule has 0 bridgehead atoms. The van der Waals surface area contributed by atoms with Gasteiger partial charge in [-0.05, 0) is 94.4 Å². The Balaban J connectivity index is 2.17. The highest BCUT2D eigenvalue weighted by molar-refractivity contribution is 5.82. The summed E-state index contributed by atoms with van der Waals surface area (Å²) in [4.78, 5) is 41.4. The van der Waals surface area contributed by atoms with Gasteiger partial charge in [0.05, 0.1) is 24.6 Å². The maximum absolute atomic E-state index is 15.7. The number of nitrogens with zero attached hydrogens (tertiary/aromatic N) is 2. The molecule has 2 aromatic carbocycles. The fraction of sp³-hybridized carbons (Fsp3) is 0.395. The summed E-state index contributed by atoms with van der Waals surface area (Å²) in [5.74, 6) is -6.88. The lowest BCUT2D eigenvalue weighted by atomic mass is 9.91. The number of nitrogens with one attached hydrogen (secondary N) is 1. The molecule has 0 fully saturated rings. The van der Waals surface area contributed by atoms with Crippen molar-refractivity contribution in [2.75, 3.05) is 27.2 Å². The lowest BCUT2D eigenvalue weighted by molar-refractivity contribution is -0.144. The number of amides is 1. The van der Waals surface area contributed by atoms with Gasteiger partial charge in [0.1, 0.15) is 17.7 Å². The number of aryl methyl sites for hydroxylation is 1. The minimum atomic E-state index is -4.87. The van der Waals surface area contributed by atoms with Gasteiger partial charge in [-0.15, -0.1) is 13.2 Å². The molecule has 0 aliphatic rings. The molecule has 0 unspecified atom stereocenters. The molecule has 2 atom stereocenters. The number of benzene rings is 2. The van der Waals surface area contributed by atoms with Crippen LogP contribution in [0.15, 0.2) is 66.6 Å². The Morgan fingerprint density at radius 2 is 1.67 bits per heavy atom. The first-order valence-corrected chi connectivity index (χ1v) is 16.6. The summed E-state index contributed by atoms with van der Waals surface area (Å²) < 4.78 is 108. The third kappa shape index (κ3) is 10.9. The summed E-state index contributed by atoms with van der Waals surface area (Å²) in [5.41, 5.74) is -3.46. The fourth-order valence-corrected chi connectivity index (χ4v) is 5.80. The first-order chi connectivity index (χ1) is 24.5. The molecule has 1 N–H and O–H groups in total. The molecule has 0 aliphatic heterocycles. The number of unbranched alkanes of at least 4 members (excludes halogenated alkanes) is 2. The molecule has 1 amide bonds. The van der Waals surface area contributed by atoms with Crippen molar-refractivity contribution in [2.24, 2.45) is 0 Å². The van der Waals surface area contributed by atoms with Crippen LogP contribution < -0.4 is 10.9 Å². The molecule has 52 heavy (non-hydrogen) atoms. The maximum Gasteiger partial charge on any atom is 0.416 e. The van der Waals surface area contributed by atoms with Gasteiger partial charge >= 0.3 is 12.1 Å². The minimum Gasteiger partial charge on any atom is -0.466 e. The predicted octanol–water partition coefficient (Wildman–Crippen LogP) is 8.02. The molecule has 7 nitrogen and oxygen atoms in total. The predicted molar refractivity (Wildman–Crippen MR) is 183 cm³/mol. The van der Waals surface area contributed by atoms with E-state index in [9.17, 15) is 31.9 Å². The summed E-state index contributed by atoms with van der Waals surface area (Å²) in [6.45, 7) is 8.78. The summed E-state index contributed by atoms with van der Waals surface area (Å²) in [5, 5.41) is 2.43. The van der Waals surface area contributed by atoms with Gasteiger partial charge in [0.25, 0.3) is 5.56 Å². The number of carbonyl (C=O) groups is 2. The normalized spacial score (nSPS) is 12.8. The highest BCUT2D eigenvalue weighted by atomic mass is 19.4. The maximum atomic E-state index is 15.7. The number of carbonyl (C=O) groups excluding carboxylic acids is 2. The lowest BCUT2D eigenvalue weighted by Crippen LogP contribution is -2.40. The summed E-state index contributed by atoms with van der Waals surface area (Å²) in [7, 11) is 3.29. The Labute approximate surface area is 297 Å². The molecule has 3 aromatic rings. The number of ether oxygens (including phenoxy) is 1. The van der Waals surface area contributed by atoms with Crippen LogP contribution in [-0.2, 0) is 33.3 Å². The molecule has 1 aromatic heterocycles. The molecule has 1 heterocycles. The van der Waals surface area contributed by atoms with E-state index in [2.05, 4.69) is 18.5 Å². The number of hydrogen-bond donors (Lipinski definition) is 1. The van der Waals surface area contributed by atoms with Gasteiger partial charge in [-0.1, -0.05) is 12.2 Å². The fourth-order valence-electron chi connectivity index (χ4n) is 5.80. The SMILES string of the molecule is C=CCCCCc1cc(F)cc(F)c1-c1cc(F)c(F)c([C@H](CC(=O)OCC)NC(=O)[C@H](CC=C)n2cc(CCN(C)C)c(C(F)(F)F)cc2=O)c1. The first kappa shape index (κ1) is 41.7. The first-order valence-electron chi connectivity index (χ1n) is 16.6. The van der Waals surface area contributed by atoms with Crippen LogP contribution in [0.3, 0.4) is 0 Å². The largest absolute Gasteiger partial charge is 0.466 e. The van der Waals surface area contributed by atoms with Crippen molar-refractivity contribution in [1.82, 2.24) is 14.8 Å². The van der Waals surface area contributed by atoms with Crippen LogP contribution in [-0.4, -0.2) is 48.6 Å². The van der Waals surface area contributed by atoms with E-state index in [0.717, 1.165) is 22.9 Å². The van der Waals surface area contributed by atoms with Crippen molar-refractivity contribution in [3.05, 3.63) is 118 Å². The van der Waals surface area contributed by atoms with Gasteiger partial charge < -0.3 is 19.5 Å². The van der Waals surface area contributed by atoms with Gasteiger partial charge in [0.2, 0.25) is 5.91 Å². The topological polar surface area (TPSA) is 80.6 Å². The van der Waals surface area contributed by atoms with Crippen LogP contribution in [0, 0.1) is 23.3 Å². The van der Waals surface area contributed by atoms with Crippen LogP contribution in [0.5, 0.6) is 0 Å². The summed E-state index contributed by atoms with van der Waals surface area (Å²) >= 11 is 0.